The van der Waals surface area contributed by atoms with Crippen LogP contribution in [0.3, 0.4) is 0 Å². The number of hydrogen-bond donors (Lipinski definition) is 3. The smallest absolute Gasteiger partial charge is 0.256 e. The van der Waals surface area contributed by atoms with Crippen LogP contribution in [0.4, 0.5) is 5.00 Å². The fourth-order valence-corrected chi connectivity index (χ4v) is 6.08. The van der Waals surface area contributed by atoms with Crippen LogP contribution >= 0.6 is 27.3 Å². The van der Waals surface area contributed by atoms with E-state index in [1.165, 1.54) is 10.4 Å². The fourth-order valence-electron chi connectivity index (χ4n) is 4.27. The number of anilines is 1. The zero-order chi connectivity index (χ0) is 20.9. The third-order valence-corrected chi connectivity index (χ3v) is 7.59. The third-order valence-electron chi connectivity index (χ3n) is 5.95. The summed E-state index contributed by atoms with van der Waals surface area (Å²) in [4.78, 5) is 14.3. The average Bonchev–Trinajstić information content (AvgIpc) is 3.01. The number of thiophene rings is 1. The lowest BCUT2D eigenvalue weighted by Gasteiger charge is -2.34. The van der Waals surface area contributed by atoms with E-state index in [-0.39, 0.29) is 17.1 Å². The Morgan fingerprint density at radius 3 is 2.76 bits per heavy atom. The van der Waals surface area contributed by atoms with Crippen molar-refractivity contribution in [2.24, 2.45) is 11.3 Å². The molecule has 1 aromatic heterocycles. The van der Waals surface area contributed by atoms with Gasteiger partial charge in [-0.3, -0.25) is 4.79 Å². The monoisotopic (exact) mass is 478 g/mol. The number of amides is 1. The van der Waals surface area contributed by atoms with Gasteiger partial charge in [0.15, 0.2) is 11.5 Å². The van der Waals surface area contributed by atoms with Crippen molar-refractivity contribution in [3.05, 3.63) is 38.2 Å². The molecule has 5 nitrogen and oxygen atoms in total. The van der Waals surface area contributed by atoms with Crippen LogP contribution in [-0.2, 0) is 12.8 Å². The molecule has 29 heavy (non-hydrogen) atoms. The van der Waals surface area contributed by atoms with Gasteiger partial charge in [-0.2, -0.15) is 0 Å². The molecule has 0 radical (unpaired) electrons. The maximum Gasteiger partial charge on any atom is 0.256 e. The molecule has 3 N–H and O–H groups in total. The Morgan fingerprint density at radius 1 is 1.31 bits per heavy atom. The Balaban J connectivity index is 1.67. The molecule has 1 aliphatic heterocycles. The van der Waals surface area contributed by atoms with Crippen LogP contribution < -0.4 is 15.4 Å². The van der Waals surface area contributed by atoms with Gasteiger partial charge in [0.05, 0.1) is 12.2 Å². The Kier molecular flexibility index (Phi) is 5.32. The zero-order valence-corrected chi connectivity index (χ0v) is 19.6. The van der Waals surface area contributed by atoms with Crippen LogP contribution in [0, 0.1) is 11.3 Å². The molecule has 2 heterocycles. The lowest BCUT2D eigenvalue weighted by molar-refractivity contribution is 0.0934. The summed E-state index contributed by atoms with van der Waals surface area (Å²) in [6.07, 6.45) is 2.57. The molecular weight excluding hydrogens is 452 g/mol. The number of fused-ring (bicyclic) bond motifs is 3. The van der Waals surface area contributed by atoms with E-state index >= 15 is 0 Å². The van der Waals surface area contributed by atoms with Crippen LogP contribution in [0.1, 0.15) is 66.6 Å². The number of aromatic hydroxyl groups is 1. The highest BCUT2D eigenvalue weighted by Gasteiger charge is 2.37. The first kappa shape index (κ1) is 20.5. The molecule has 0 saturated carbocycles. The molecule has 0 bridgehead atoms. The minimum atomic E-state index is -0.509. The number of rotatable bonds is 3. The van der Waals surface area contributed by atoms with Crippen molar-refractivity contribution in [2.75, 3.05) is 11.9 Å². The molecule has 1 aromatic carbocycles. The van der Waals surface area contributed by atoms with Crippen molar-refractivity contribution >= 4 is 38.2 Å². The number of halogens is 1. The molecule has 1 amide bonds. The first-order valence-electron chi connectivity index (χ1n) is 10.1. The van der Waals surface area contributed by atoms with Gasteiger partial charge in [-0.1, -0.05) is 36.7 Å². The highest BCUT2D eigenvalue weighted by Crippen LogP contribution is 2.47. The highest BCUT2D eigenvalue weighted by molar-refractivity contribution is 9.10. The molecule has 0 fully saturated rings. The van der Waals surface area contributed by atoms with Gasteiger partial charge in [0.1, 0.15) is 11.2 Å². The largest absolute Gasteiger partial charge is 0.504 e. The van der Waals surface area contributed by atoms with E-state index in [0.29, 0.717) is 23.8 Å². The summed E-state index contributed by atoms with van der Waals surface area (Å²) in [7, 11) is 0. The van der Waals surface area contributed by atoms with E-state index in [1.54, 1.807) is 17.4 Å². The van der Waals surface area contributed by atoms with Gasteiger partial charge in [0, 0.05) is 14.9 Å². The summed E-state index contributed by atoms with van der Waals surface area (Å²) in [5, 5.41) is 18.0. The van der Waals surface area contributed by atoms with E-state index in [2.05, 4.69) is 47.3 Å². The second-order valence-electron chi connectivity index (χ2n) is 8.84. The van der Waals surface area contributed by atoms with Crippen LogP contribution in [0.5, 0.6) is 11.5 Å². The molecule has 2 atom stereocenters. The van der Waals surface area contributed by atoms with Gasteiger partial charge < -0.3 is 20.5 Å². The van der Waals surface area contributed by atoms with Gasteiger partial charge in [-0.05, 0) is 55.2 Å². The van der Waals surface area contributed by atoms with Gasteiger partial charge in [0.2, 0.25) is 0 Å². The molecule has 7 heteroatoms. The number of carbonyl (C=O) groups is 1. The van der Waals surface area contributed by atoms with Crippen LogP contribution in [0.25, 0.3) is 0 Å². The molecule has 0 saturated heterocycles. The van der Waals surface area contributed by atoms with Crippen molar-refractivity contribution in [1.82, 2.24) is 5.32 Å². The summed E-state index contributed by atoms with van der Waals surface area (Å²) in [6, 6.07) is 3.54. The molecule has 2 aliphatic rings. The number of hydrogen-bond acceptors (Lipinski definition) is 5. The summed E-state index contributed by atoms with van der Waals surface area (Å²) < 4.78 is 6.32. The van der Waals surface area contributed by atoms with Crippen molar-refractivity contribution < 1.29 is 14.6 Å². The Hall–Kier alpha value is -1.73. The minimum absolute atomic E-state index is 0.0467. The summed E-state index contributed by atoms with van der Waals surface area (Å²) in [5.41, 5.74) is 2.83. The number of phenols is 1. The fraction of sp³-hybridized carbons (Fsp3) is 0.500. The molecule has 0 spiro atoms. The van der Waals surface area contributed by atoms with Gasteiger partial charge in [0.25, 0.3) is 5.91 Å². The van der Waals surface area contributed by atoms with E-state index in [9.17, 15) is 9.90 Å². The quantitative estimate of drug-likeness (QED) is 0.535. The van der Waals surface area contributed by atoms with Crippen molar-refractivity contribution in [1.29, 1.82) is 0 Å². The zero-order valence-electron chi connectivity index (χ0n) is 17.2. The maximum absolute atomic E-state index is 13.0. The number of benzene rings is 1. The Bertz CT molecular complexity index is 964. The number of nitrogens with one attached hydrogen (secondary N) is 2. The van der Waals surface area contributed by atoms with E-state index in [4.69, 9.17) is 4.74 Å². The average molecular weight is 479 g/mol. The van der Waals surface area contributed by atoms with Crippen molar-refractivity contribution in [3.63, 3.8) is 0 Å². The second kappa shape index (κ2) is 7.51. The first-order valence-corrected chi connectivity index (χ1v) is 11.7. The van der Waals surface area contributed by atoms with E-state index in [1.807, 2.05) is 13.0 Å². The molecule has 2 aromatic rings. The SMILES string of the molecule is CCOc1cc(Br)cc([C@@H]2NC(=O)c3c(sc4c3CC[C@H](C(C)(C)C)C4)N2)c1O. The topological polar surface area (TPSA) is 70.6 Å². The summed E-state index contributed by atoms with van der Waals surface area (Å²) in [6.45, 7) is 9.20. The molecular formula is C22H27BrN2O3S. The van der Waals surface area contributed by atoms with E-state index in [0.717, 1.165) is 34.3 Å². The van der Waals surface area contributed by atoms with Crippen molar-refractivity contribution in [2.45, 2.75) is 53.1 Å². The normalized spacial score (nSPS) is 21.1. The highest BCUT2D eigenvalue weighted by atomic mass is 79.9. The van der Waals surface area contributed by atoms with Crippen molar-refractivity contribution in [3.8, 4) is 11.5 Å². The number of ether oxygens (including phenoxy) is 1. The number of carbonyl (C=O) groups excluding carboxylic acids is 1. The predicted molar refractivity (Wildman–Crippen MR) is 120 cm³/mol. The van der Waals surface area contributed by atoms with Gasteiger partial charge in [-0.15, -0.1) is 11.3 Å². The Labute approximate surface area is 184 Å². The maximum atomic E-state index is 13.0. The molecule has 0 unspecified atom stereocenters. The molecule has 4 rings (SSSR count). The summed E-state index contributed by atoms with van der Waals surface area (Å²) in [5.74, 6) is 0.993. The predicted octanol–water partition coefficient (Wildman–Crippen LogP) is 5.62. The standard InChI is InChI=1S/C22H27BrN2O3S/c1-5-28-15-10-12(23)9-14(18(15)26)19-24-20(27)17-13-7-6-11(22(2,3)4)8-16(13)29-21(17)25-19/h9-11,19,25-26H,5-8H2,1-4H3,(H,24,27)/t11-,19+/m0/s1. The third kappa shape index (κ3) is 3.75. The summed E-state index contributed by atoms with van der Waals surface area (Å²) >= 11 is 5.16. The second-order valence-corrected chi connectivity index (χ2v) is 10.9. The lowest BCUT2D eigenvalue weighted by Crippen LogP contribution is -2.38. The van der Waals surface area contributed by atoms with Crippen LogP contribution in [0.15, 0.2) is 16.6 Å². The minimum Gasteiger partial charge on any atom is -0.504 e. The number of phenolic OH excluding ortho intramolecular Hbond substituents is 1. The van der Waals surface area contributed by atoms with Crippen LogP contribution in [0.2, 0.25) is 0 Å². The van der Waals surface area contributed by atoms with E-state index < -0.39 is 6.17 Å². The molecule has 1 aliphatic carbocycles. The van der Waals surface area contributed by atoms with Gasteiger partial charge >= 0.3 is 0 Å². The Morgan fingerprint density at radius 2 is 2.07 bits per heavy atom. The first-order chi connectivity index (χ1) is 13.7. The molecule has 156 valence electrons. The van der Waals surface area contributed by atoms with Gasteiger partial charge in [-0.25, -0.2) is 0 Å². The van der Waals surface area contributed by atoms with Crippen LogP contribution in [-0.4, -0.2) is 17.6 Å². The lowest BCUT2D eigenvalue weighted by atomic mass is 9.72.